The molecule has 0 radical (unpaired) electrons. The summed E-state index contributed by atoms with van der Waals surface area (Å²) in [6, 6.07) is 0.269. The Morgan fingerprint density at radius 1 is 1.33 bits per heavy atom. The zero-order chi connectivity index (χ0) is 15.7. The summed E-state index contributed by atoms with van der Waals surface area (Å²) in [5.41, 5.74) is 0. The second-order valence-corrected chi connectivity index (χ2v) is 5.34. The average Bonchev–Trinajstić information content (AvgIpc) is 2.91. The first kappa shape index (κ1) is 18.2. The molecule has 1 N–H and O–H groups in total. The monoisotopic (exact) mass is 310 g/mol. The van der Waals surface area contributed by atoms with Gasteiger partial charge in [-0.2, -0.15) is 13.2 Å². The third-order valence-corrected chi connectivity index (χ3v) is 3.54. The summed E-state index contributed by atoms with van der Waals surface area (Å²) in [7, 11) is 0. The van der Waals surface area contributed by atoms with Crippen LogP contribution in [-0.2, 0) is 9.53 Å². The molecule has 21 heavy (non-hydrogen) atoms. The van der Waals surface area contributed by atoms with Crippen molar-refractivity contribution in [2.75, 3.05) is 32.8 Å². The van der Waals surface area contributed by atoms with Gasteiger partial charge in [0, 0.05) is 25.8 Å². The van der Waals surface area contributed by atoms with Crippen LogP contribution in [0, 0.1) is 0 Å². The molecule has 124 valence electrons. The molecule has 1 rings (SSSR count). The van der Waals surface area contributed by atoms with Crippen LogP contribution in [-0.4, -0.2) is 55.9 Å². The number of ether oxygens (including phenoxy) is 1. The van der Waals surface area contributed by atoms with Gasteiger partial charge < -0.3 is 15.0 Å². The van der Waals surface area contributed by atoms with E-state index in [1.54, 1.807) is 0 Å². The van der Waals surface area contributed by atoms with Gasteiger partial charge >= 0.3 is 6.18 Å². The lowest BCUT2D eigenvalue weighted by molar-refractivity contribution is -0.161. The van der Waals surface area contributed by atoms with Crippen molar-refractivity contribution in [2.45, 2.75) is 51.2 Å². The molecule has 0 aromatic heterocycles. The molecule has 7 heteroatoms. The van der Waals surface area contributed by atoms with Crippen molar-refractivity contribution in [3.63, 3.8) is 0 Å². The van der Waals surface area contributed by atoms with E-state index in [1.807, 2.05) is 6.92 Å². The Labute approximate surface area is 124 Å². The van der Waals surface area contributed by atoms with Crippen molar-refractivity contribution >= 4 is 5.91 Å². The Hall–Kier alpha value is -0.820. The molecule has 1 aliphatic rings. The summed E-state index contributed by atoms with van der Waals surface area (Å²) in [6.45, 7) is 1.58. The van der Waals surface area contributed by atoms with Crippen LogP contribution in [0.1, 0.15) is 39.0 Å². The predicted octanol–water partition coefficient (Wildman–Crippen LogP) is 2.34. The van der Waals surface area contributed by atoms with E-state index in [-0.39, 0.29) is 19.1 Å². The van der Waals surface area contributed by atoms with Gasteiger partial charge in [0.1, 0.15) is 6.54 Å². The number of nitrogens with one attached hydrogen (secondary N) is 1. The summed E-state index contributed by atoms with van der Waals surface area (Å²) < 4.78 is 42.7. The van der Waals surface area contributed by atoms with E-state index in [0.29, 0.717) is 19.6 Å². The molecule has 1 amide bonds. The molecule has 1 fully saturated rings. The minimum Gasteiger partial charge on any atom is -0.382 e. The third-order valence-electron chi connectivity index (χ3n) is 3.54. The van der Waals surface area contributed by atoms with E-state index in [4.69, 9.17) is 4.74 Å². The highest BCUT2D eigenvalue weighted by molar-refractivity contribution is 5.78. The van der Waals surface area contributed by atoms with Crippen molar-refractivity contribution in [3.05, 3.63) is 0 Å². The zero-order valence-corrected chi connectivity index (χ0v) is 12.5. The molecule has 0 aliphatic heterocycles. The van der Waals surface area contributed by atoms with Gasteiger partial charge in [0.15, 0.2) is 0 Å². The van der Waals surface area contributed by atoms with Gasteiger partial charge in [0.25, 0.3) is 0 Å². The normalized spacial score (nSPS) is 16.4. The van der Waals surface area contributed by atoms with E-state index in [9.17, 15) is 18.0 Å². The fraction of sp³-hybridized carbons (Fsp3) is 0.929. The molecule has 1 saturated carbocycles. The maximum atomic E-state index is 12.5. The van der Waals surface area contributed by atoms with Gasteiger partial charge in [0.05, 0.1) is 6.54 Å². The van der Waals surface area contributed by atoms with E-state index in [0.717, 1.165) is 30.6 Å². The van der Waals surface area contributed by atoms with Crippen LogP contribution >= 0.6 is 0 Å². The maximum absolute atomic E-state index is 12.5. The number of amides is 1. The van der Waals surface area contributed by atoms with Crippen molar-refractivity contribution < 1.29 is 22.7 Å². The molecule has 0 heterocycles. The van der Waals surface area contributed by atoms with Gasteiger partial charge in [-0.25, -0.2) is 0 Å². The average molecular weight is 310 g/mol. The summed E-state index contributed by atoms with van der Waals surface area (Å²) in [6.07, 6.45) is 0.278. The molecule has 0 aromatic carbocycles. The van der Waals surface area contributed by atoms with Gasteiger partial charge in [-0.1, -0.05) is 12.8 Å². The van der Waals surface area contributed by atoms with Crippen LogP contribution in [0.5, 0.6) is 0 Å². The summed E-state index contributed by atoms with van der Waals surface area (Å²) in [5, 5.41) is 3.06. The first-order chi connectivity index (χ1) is 9.92. The third kappa shape index (κ3) is 8.26. The fourth-order valence-electron chi connectivity index (χ4n) is 2.48. The highest BCUT2D eigenvalue weighted by Gasteiger charge is 2.32. The minimum absolute atomic E-state index is 0.0185. The Balaban J connectivity index is 2.38. The molecule has 0 unspecified atom stereocenters. The van der Waals surface area contributed by atoms with E-state index < -0.39 is 18.6 Å². The standard InChI is InChI=1S/C14H25F3N2O2/c1-2-21-9-5-8-19(11-14(15,16)17)13(20)10-18-12-6-3-4-7-12/h12,18H,2-11H2,1H3. The number of alkyl halides is 3. The molecule has 0 spiro atoms. The molecular weight excluding hydrogens is 285 g/mol. The number of hydrogen-bond acceptors (Lipinski definition) is 3. The van der Waals surface area contributed by atoms with E-state index in [1.165, 1.54) is 0 Å². The Morgan fingerprint density at radius 3 is 2.57 bits per heavy atom. The lowest BCUT2D eigenvalue weighted by Crippen LogP contribution is -2.45. The Bertz CT molecular complexity index is 305. The smallest absolute Gasteiger partial charge is 0.382 e. The molecule has 4 nitrogen and oxygen atoms in total. The fourth-order valence-corrected chi connectivity index (χ4v) is 2.48. The van der Waals surface area contributed by atoms with Crippen LogP contribution in [0.3, 0.4) is 0 Å². The first-order valence-corrected chi connectivity index (χ1v) is 7.58. The molecule has 0 atom stereocenters. The highest BCUT2D eigenvalue weighted by Crippen LogP contribution is 2.18. The first-order valence-electron chi connectivity index (χ1n) is 7.58. The number of nitrogens with zero attached hydrogens (tertiary/aromatic N) is 1. The molecule has 0 bridgehead atoms. The van der Waals surface area contributed by atoms with Crippen LogP contribution < -0.4 is 5.32 Å². The molecular formula is C14H25F3N2O2. The summed E-state index contributed by atoms with van der Waals surface area (Å²) >= 11 is 0. The van der Waals surface area contributed by atoms with E-state index in [2.05, 4.69) is 5.32 Å². The number of carbonyl (C=O) groups excluding carboxylic acids is 1. The van der Waals surface area contributed by atoms with Crippen molar-refractivity contribution in [1.82, 2.24) is 10.2 Å². The quantitative estimate of drug-likeness (QED) is 0.665. The van der Waals surface area contributed by atoms with Gasteiger partial charge in [-0.3, -0.25) is 4.79 Å². The van der Waals surface area contributed by atoms with Gasteiger partial charge in [-0.15, -0.1) is 0 Å². The highest BCUT2D eigenvalue weighted by atomic mass is 19.4. The lowest BCUT2D eigenvalue weighted by Gasteiger charge is -2.25. The maximum Gasteiger partial charge on any atom is 0.406 e. The lowest BCUT2D eigenvalue weighted by atomic mass is 10.2. The summed E-state index contributed by atoms with van der Waals surface area (Å²) in [5.74, 6) is -0.490. The SMILES string of the molecule is CCOCCCN(CC(F)(F)F)C(=O)CNC1CCCC1. The molecule has 1 aliphatic carbocycles. The number of rotatable bonds is 9. The molecule has 0 aromatic rings. The van der Waals surface area contributed by atoms with Gasteiger partial charge in [0.2, 0.25) is 5.91 Å². The zero-order valence-electron chi connectivity index (χ0n) is 12.5. The number of hydrogen-bond donors (Lipinski definition) is 1. The second-order valence-electron chi connectivity index (χ2n) is 5.34. The Kier molecular flexibility index (Phi) is 8.03. The van der Waals surface area contributed by atoms with Crippen molar-refractivity contribution in [3.8, 4) is 0 Å². The largest absolute Gasteiger partial charge is 0.406 e. The van der Waals surface area contributed by atoms with Crippen molar-refractivity contribution in [1.29, 1.82) is 0 Å². The Morgan fingerprint density at radius 2 is 2.00 bits per heavy atom. The number of halogens is 3. The van der Waals surface area contributed by atoms with E-state index >= 15 is 0 Å². The topological polar surface area (TPSA) is 41.6 Å². The number of carbonyl (C=O) groups is 1. The van der Waals surface area contributed by atoms with Gasteiger partial charge in [-0.05, 0) is 26.2 Å². The predicted molar refractivity (Wildman–Crippen MR) is 74.0 cm³/mol. The van der Waals surface area contributed by atoms with Crippen LogP contribution in [0.2, 0.25) is 0 Å². The van der Waals surface area contributed by atoms with Crippen molar-refractivity contribution in [2.24, 2.45) is 0 Å². The van der Waals surface area contributed by atoms with Crippen LogP contribution in [0.4, 0.5) is 13.2 Å². The minimum atomic E-state index is -4.37. The summed E-state index contributed by atoms with van der Waals surface area (Å²) in [4.78, 5) is 12.8. The van der Waals surface area contributed by atoms with Crippen LogP contribution in [0.25, 0.3) is 0 Å². The molecule has 0 saturated heterocycles. The van der Waals surface area contributed by atoms with Crippen LogP contribution in [0.15, 0.2) is 0 Å². The second kappa shape index (κ2) is 9.25.